The molecule has 6 nitrogen and oxygen atoms in total. The third kappa shape index (κ3) is 4.68. The van der Waals surface area contributed by atoms with Crippen molar-refractivity contribution in [2.75, 3.05) is 45.3 Å². The number of anilines is 1. The van der Waals surface area contributed by atoms with Crippen LogP contribution < -0.4 is 19.7 Å². The van der Waals surface area contributed by atoms with Crippen LogP contribution in [0.5, 0.6) is 11.5 Å². The van der Waals surface area contributed by atoms with Gasteiger partial charge in [0.2, 0.25) is 0 Å². The molecule has 2 aromatic rings. The molecule has 0 atom stereocenters. The molecular formula is C20H18ClF4N3O3S. The van der Waals surface area contributed by atoms with Crippen LogP contribution in [0.3, 0.4) is 0 Å². The lowest BCUT2D eigenvalue weighted by Gasteiger charge is -2.37. The highest BCUT2D eigenvalue weighted by atomic mass is 35.5. The minimum atomic E-state index is -1.65. The van der Waals surface area contributed by atoms with Crippen molar-refractivity contribution >= 4 is 40.5 Å². The highest BCUT2D eigenvalue weighted by Gasteiger charge is 2.30. The van der Waals surface area contributed by atoms with E-state index in [0.29, 0.717) is 11.5 Å². The lowest BCUT2D eigenvalue weighted by Crippen LogP contribution is -2.53. The second-order valence-corrected chi connectivity index (χ2v) is 7.52. The standard InChI is InChI=1S/C20H18ClF4N3O3S/c1-30-11-7-10(8-12(9-11)31-2)19(29)26-20(32)28-5-3-27(4-6-28)18-16(24)14(22)13(21)15(23)17(18)25/h7-9H,3-6H2,1-2H3,(H,26,29,32). The lowest BCUT2D eigenvalue weighted by atomic mass is 10.2. The van der Waals surface area contributed by atoms with Crippen LogP contribution in [0.25, 0.3) is 0 Å². The van der Waals surface area contributed by atoms with Gasteiger partial charge in [0.05, 0.1) is 14.2 Å². The van der Waals surface area contributed by atoms with Gasteiger partial charge in [0.25, 0.3) is 5.91 Å². The van der Waals surface area contributed by atoms with Crippen LogP contribution in [-0.2, 0) is 0 Å². The predicted molar refractivity (Wildman–Crippen MR) is 115 cm³/mol. The Bertz CT molecular complexity index is 1010. The van der Waals surface area contributed by atoms with Crippen molar-refractivity contribution in [2.24, 2.45) is 0 Å². The molecule has 0 spiro atoms. The number of rotatable bonds is 4. The van der Waals surface area contributed by atoms with E-state index in [1.807, 2.05) is 0 Å². The smallest absolute Gasteiger partial charge is 0.257 e. The molecule has 1 heterocycles. The number of hydrogen-bond acceptors (Lipinski definition) is 5. The molecule has 0 bridgehead atoms. The zero-order valence-electron chi connectivity index (χ0n) is 17.0. The van der Waals surface area contributed by atoms with Crippen molar-refractivity contribution in [2.45, 2.75) is 0 Å². The fourth-order valence-corrected chi connectivity index (χ4v) is 3.63. The summed E-state index contributed by atoms with van der Waals surface area (Å²) < 4.78 is 66.2. The molecule has 32 heavy (non-hydrogen) atoms. The minimum Gasteiger partial charge on any atom is -0.497 e. The number of methoxy groups -OCH3 is 2. The summed E-state index contributed by atoms with van der Waals surface area (Å²) in [7, 11) is 2.90. The van der Waals surface area contributed by atoms with Crippen LogP contribution >= 0.6 is 23.8 Å². The van der Waals surface area contributed by atoms with Gasteiger partial charge in [0.1, 0.15) is 22.2 Å². The molecule has 1 fully saturated rings. The van der Waals surface area contributed by atoms with E-state index in [4.69, 9.17) is 33.3 Å². The van der Waals surface area contributed by atoms with Crippen molar-refractivity contribution in [3.63, 3.8) is 0 Å². The molecule has 1 amide bonds. The molecule has 1 aliphatic heterocycles. The number of hydrogen-bond donors (Lipinski definition) is 1. The number of piperazine rings is 1. The maximum atomic E-state index is 14.2. The molecule has 0 radical (unpaired) electrons. The van der Waals surface area contributed by atoms with Crippen LogP contribution in [-0.4, -0.2) is 56.3 Å². The Morgan fingerprint density at radius 2 is 1.44 bits per heavy atom. The topological polar surface area (TPSA) is 54.0 Å². The normalized spacial score (nSPS) is 13.7. The Morgan fingerprint density at radius 1 is 0.938 bits per heavy atom. The van der Waals surface area contributed by atoms with Crippen molar-refractivity contribution in [3.05, 3.63) is 52.1 Å². The second-order valence-electron chi connectivity index (χ2n) is 6.75. The number of nitrogens with zero attached hydrogens (tertiary/aromatic N) is 2. The molecular weight excluding hydrogens is 474 g/mol. The summed E-state index contributed by atoms with van der Waals surface area (Å²) in [6, 6.07) is 4.62. The Labute approximate surface area is 191 Å². The zero-order chi connectivity index (χ0) is 23.6. The Hall–Kier alpha value is -2.79. The van der Waals surface area contributed by atoms with E-state index in [1.165, 1.54) is 26.4 Å². The molecule has 172 valence electrons. The maximum Gasteiger partial charge on any atom is 0.257 e. The van der Waals surface area contributed by atoms with Gasteiger partial charge in [-0.25, -0.2) is 17.6 Å². The van der Waals surface area contributed by atoms with Gasteiger partial charge in [-0.3, -0.25) is 10.1 Å². The second kappa shape index (κ2) is 9.78. The Kier molecular flexibility index (Phi) is 7.29. The van der Waals surface area contributed by atoms with Crippen LogP contribution in [0.2, 0.25) is 5.02 Å². The average Bonchev–Trinajstić information content (AvgIpc) is 2.81. The monoisotopic (exact) mass is 491 g/mol. The van der Waals surface area contributed by atoms with Crippen LogP contribution in [0.4, 0.5) is 23.2 Å². The van der Waals surface area contributed by atoms with Crippen LogP contribution in [0.15, 0.2) is 18.2 Å². The highest BCUT2D eigenvalue weighted by Crippen LogP contribution is 2.34. The first-order valence-electron chi connectivity index (χ1n) is 9.27. The third-order valence-corrected chi connectivity index (χ3v) is 5.60. The van der Waals surface area contributed by atoms with E-state index < -0.39 is 39.9 Å². The number of carbonyl (C=O) groups excluding carboxylic acids is 1. The van der Waals surface area contributed by atoms with Crippen LogP contribution in [0, 0.1) is 23.3 Å². The minimum absolute atomic E-state index is 0.00263. The first-order valence-corrected chi connectivity index (χ1v) is 10.1. The summed E-state index contributed by atoms with van der Waals surface area (Å²) in [5.41, 5.74) is -0.582. The molecule has 0 aliphatic carbocycles. The van der Waals surface area contributed by atoms with Gasteiger partial charge in [0.15, 0.2) is 28.4 Å². The third-order valence-electron chi connectivity index (χ3n) is 4.90. The maximum absolute atomic E-state index is 14.2. The number of carbonyl (C=O) groups is 1. The number of ether oxygens (including phenoxy) is 2. The molecule has 2 aromatic carbocycles. The van der Waals surface area contributed by atoms with Gasteiger partial charge in [-0.2, -0.15) is 0 Å². The molecule has 0 aromatic heterocycles. The van der Waals surface area contributed by atoms with E-state index in [-0.39, 0.29) is 36.9 Å². The van der Waals surface area contributed by atoms with Gasteiger partial charge in [-0.15, -0.1) is 0 Å². The quantitative estimate of drug-likeness (QED) is 0.304. The van der Waals surface area contributed by atoms with Gasteiger partial charge in [0, 0.05) is 37.8 Å². The molecule has 1 N–H and O–H groups in total. The summed E-state index contributed by atoms with van der Waals surface area (Å²) in [4.78, 5) is 15.3. The lowest BCUT2D eigenvalue weighted by molar-refractivity contribution is 0.0972. The van der Waals surface area contributed by atoms with Gasteiger partial charge >= 0.3 is 0 Å². The summed E-state index contributed by atoms with van der Waals surface area (Å²) in [5, 5.41) is 1.43. The molecule has 1 aliphatic rings. The largest absolute Gasteiger partial charge is 0.497 e. The Balaban J connectivity index is 1.68. The van der Waals surface area contributed by atoms with E-state index >= 15 is 0 Å². The van der Waals surface area contributed by atoms with E-state index in [0.717, 1.165) is 4.90 Å². The van der Waals surface area contributed by atoms with E-state index in [1.54, 1.807) is 11.0 Å². The Morgan fingerprint density at radius 3 is 1.91 bits per heavy atom. The van der Waals surface area contributed by atoms with E-state index in [2.05, 4.69) is 5.32 Å². The molecule has 1 saturated heterocycles. The van der Waals surface area contributed by atoms with Crippen molar-refractivity contribution in [1.82, 2.24) is 10.2 Å². The number of thiocarbonyl (C=S) groups is 1. The number of benzene rings is 2. The van der Waals surface area contributed by atoms with Gasteiger partial charge < -0.3 is 19.3 Å². The first kappa shape index (κ1) is 23.9. The number of nitrogens with one attached hydrogen (secondary N) is 1. The predicted octanol–water partition coefficient (Wildman–Crippen LogP) is 3.75. The highest BCUT2D eigenvalue weighted by molar-refractivity contribution is 7.80. The summed E-state index contributed by atoms with van der Waals surface area (Å²) >= 11 is 10.5. The van der Waals surface area contributed by atoms with Crippen LogP contribution in [0.1, 0.15) is 10.4 Å². The fourth-order valence-electron chi connectivity index (χ4n) is 3.19. The molecule has 3 rings (SSSR count). The van der Waals surface area contributed by atoms with Crippen molar-refractivity contribution in [3.8, 4) is 11.5 Å². The SMILES string of the molecule is COc1cc(OC)cc(C(=O)NC(=S)N2CCN(c3c(F)c(F)c(Cl)c(F)c3F)CC2)c1. The molecule has 12 heteroatoms. The summed E-state index contributed by atoms with van der Waals surface area (Å²) in [6.45, 7) is 0.283. The van der Waals surface area contributed by atoms with Gasteiger partial charge in [-0.05, 0) is 24.4 Å². The van der Waals surface area contributed by atoms with Gasteiger partial charge in [-0.1, -0.05) is 11.6 Å². The zero-order valence-corrected chi connectivity index (χ0v) is 18.6. The van der Waals surface area contributed by atoms with E-state index in [9.17, 15) is 22.4 Å². The number of halogens is 5. The van der Waals surface area contributed by atoms with Crippen molar-refractivity contribution < 1.29 is 31.8 Å². The molecule has 0 unspecified atom stereocenters. The first-order chi connectivity index (χ1) is 15.2. The summed E-state index contributed by atoms with van der Waals surface area (Å²) in [6.07, 6.45) is 0. The van der Waals surface area contributed by atoms with Crippen molar-refractivity contribution in [1.29, 1.82) is 0 Å². The molecule has 0 saturated carbocycles. The average molecular weight is 492 g/mol. The fraction of sp³-hybridized carbons (Fsp3) is 0.300. The number of amides is 1. The summed E-state index contributed by atoms with van der Waals surface area (Å²) in [5.74, 6) is -6.11.